The third-order valence-corrected chi connectivity index (χ3v) is 5.90. The molecule has 0 bridgehead atoms. The maximum Gasteiger partial charge on any atom is 0.304 e. The van der Waals surface area contributed by atoms with Crippen molar-refractivity contribution in [2.24, 2.45) is 0 Å². The van der Waals surface area contributed by atoms with Crippen molar-refractivity contribution in [2.45, 2.75) is 19.3 Å². The lowest BCUT2D eigenvalue weighted by Crippen LogP contribution is -2.45. The fraction of sp³-hybridized carbons (Fsp3) is 0.417. The van der Waals surface area contributed by atoms with E-state index in [1.54, 1.807) is 0 Å². The van der Waals surface area contributed by atoms with Crippen LogP contribution in [0.25, 0.3) is 0 Å². The number of nitrogens with zero attached hydrogens (tertiary/aromatic N) is 1. The van der Waals surface area contributed by atoms with Crippen LogP contribution in [-0.2, 0) is 10.2 Å². The molecule has 1 aromatic carbocycles. The number of carbonyl (C=O) groups excluding carboxylic acids is 1. The minimum Gasteiger partial charge on any atom is -0.268 e. The number of carbonyl (C=O) groups is 1. The van der Waals surface area contributed by atoms with Gasteiger partial charge in [-0.1, -0.05) is 18.0 Å². The van der Waals surface area contributed by atoms with Gasteiger partial charge in [0.05, 0.1) is 10.6 Å². The summed E-state index contributed by atoms with van der Waals surface area (Å²) < 4.78 is 41.4. The Bertz CT molecular complexity index is 663. The van der Waals surface area contributed by atoms with E-state index in [1.165, 1.54) is 16.4 Å². The van der Waals surface area contributed by atoms with Gasteiger partial charge in [-0.2, -0.15) is 12.7 Å². The van der Waals surface area contributed by atoms with Gasteiger partial charge in [0.25, 0.3) is 5.91 Å². The highest BCUT2D eigenvalue weighted by atomic mass is 79.9. The van der Waals surface area contributed by atoms with E-state index in [0.717, 1.165) is 19.3 Å². The summed E-state index contributed by atoms with van der Waals surface area (Å²) in [5, 5.41) is -0.266. The molecule has 0 spiro atoms. The van der Waals surface area contributed by atoms with Crippen LogP contribution < -0.4 is 4.72 Å². The van der Waals surface area contributed by atoms with Crippen LogP contribution in [0.4, 0.5) is 4.39 Å². The average molecular weight is 400 g/mol. The van der Waals surface area contributed by atoms with E-state index in [9.17, 15) is 17.6 Å². The first-order chi connectivity index (χ1) is 9.83. The molecule has 0 aliphatic carbocycles. The van der Waals surface area contributed by atoms with Crippen LogP contribution >= 0.6 is 27.5 Å². The molecule has 5 nitrogen and oxygen atoms in total. The molecular weight excluding hydrogens is 387 g/mol. The van der Waals surface area contributed by atoms with Crippen molar-refractivity contribution in [3.05, 3.63) is 33.0 Å². The smallest absolute Gasteiger partial charge is 0.268 e. The lowest BCUT2D eigenvalue weighted by atomic mass is 10.2. The fourth-order valence-electron chi connectivity index (χ4n) is 2.04. The van der Waals surface area contributed by atoms with E-state index < -0.39 is 27.5 Å². The van der Waals surface area contributed by atoms with Gasteiger partial charge in [0.15, 0.2) is 5.82 Å². The second-order valence-electron chi connectivity index (χ2n) is 4.62. The summed E-state index contributed by atoms with van der Waals surface area (Å²) >= 11 is 8.71. The quantitative estimate of drug-likeness (QED) is 0.795. The van der Waals surface area contributed by atoms with Gasteiger partial charge in [0, 0.05) is 17.6 Å². The second-order valence-corrected chi connectivity index (χ2v) is 7.52. The summed E-state index contributed by atoms with van der Waals surface area (Å²) in [7, 11) is -3.96. The number of hydrogen-bond donors (Lipinski definition) is 1. The zero-order valence-electron chi connectivity index (χ0n) is 10.9. The highest BCUT2D eigenvalue weighted by Crippen LogP contribution is 2.27. The van der Waals surface area contributed by atoms with Crippen LogP contribution in [0.3, 0.4) is 0 Å². The Morgan fingerprint density at radius 1 is 1.29 bits per heavy atom. The van der Waals surface area contributed by atoms with Crippen LogP contribution in [0.5, 0.6) is 0 Å². The predicted octanol–water partition coefficient (Wildman–Crippen LogP) is 2.70. The molecular formula is C12H13BrClFN2O3S. The third kappa shape index (κ3) is 3.74. The van der Waals surface area contributed by atoms with E-state index in [1.807, 2.05) is 4.72 Å². The Hall–Kier alpha value is -0.700. The van der Waals surface area contributed by atoms with Gasteiger partial charge >= 0.3 is 10.2 Å². The Kier molecular flexibility index (Phi) is 5.24. The summed E-state index contributed by atoms with van der Waals surface area (Å²) in [4.78, 5) is 12.0. The van der Waals surface area contributed by atoms with Gasteiger partial charge in [0.2, 0.25) is 0 Å². The predicted molar refractivity (Wildman–Crippen MR) is 80.9 cm³/mol. The molecule has 1 saturated heterocycles. The zero-order chi connectivity index (χ0) is 15.6. The van der Waals surface area contributed by atoms with Crippen molar-refractivity contribution < 1.29 is 17.6 Å². The molecule has 0 aromatic heterocycles. The van der Waals surface area contributed by atoms with Crippen molar-refractivity contribution in [1.82, 2.24) is 9.03 Å². The Labute approximate surface area is 135 Å². The van der Waals surface area contributed by atoms with Crippen molar-refractivity contribution in [1.29, 1.82) is 0 Å². The SMILES string of the molecule is O=C(NS(=O)(=O)N1CCCCC1)c1ccc(Br)c(Cl)c1F. The minimum absolute atomic E-state index is 0.266. The van der Waals surface area contributed by atoms with Crippen LogP contribution in [0.15, 0.2) is 16.6 Å². The van der Waals surface area contributed by atoms with Gasteiger partial charge in [-0.15, -0.1) is 0 Å². The van der Waals surface area contributed by atoms with Crippen molar-refractivity contribution in [2.75, 3.05) is 13.1 Å². The fourth-order valence-corrected chi connectivity index (χ4v) is 3.73. The number of amides is 1. The lowest BCUT2D eigenvalue weighted by Gasteiger charge is -2.25. The van der Waals surface area contributed by atoms with Gasteiger partial charge in [-0.3, -0.25) is 4.79 Å². The first-order valence-corrected chi connectivity index (χ1v) is 8.90. The topological polar surface area (TPSA) is 66.5 Å². The largest absolute Gasteiger partial charge is 0.304 e. The van der Waals surface area contributed by atoms with Gasteiger partial charge in [0.1, 0.15) is 0 Å². The lowest BCUT2D eigenvalue weighted by molar-refractivity contribution is 0.0974. The molecule has 2 rings (SSSR count). The first-order valence-electron chi connectivity index (χ1n) is 6.28. The second kappa shape index (κ2) is 6.60. The summed E-state index contributed by atoms with van der Waals surface area (Å²) in [5.41, 5.74) is -0.413. The molecule has 116 valence electrons. The average Bonchev–Trinajstić information content (AvgIpc) is 2.45. The van der Waals surface area contributed by atoms with E-state index in [2.05, 4.69) is 15.9 Å². The number of rotatable bonds is 3. The molecule has 1 N–H and O–H groups in total. The first kappa shape index (κ1) is 16.7. The number of benzene rings is 1. The van der Waals surface area contributed by atoms with Crippen LogP contribution in [0.2, 0.25) is 5.02 Å². The van der Waals surface area contributed by atoms with Gasteiger partial charge < -0.3 is 0 Å². The maximum absolute atomic E-state index is 13.9. The molecule has 1 aromatic rings. The molecule has 9 heteroatoms. The molecule has 1 fully saturated rings. The standard InChI is InChI=1S/C12H13BrClFN2O3S/c13-9-5-4-8(11(15)10(9)14)12(18)16-21(19,20)17-6-2-1-3-7-17/h4-5H,1-3,6-7H2,(H,16,18). The third-order valence-electron chi connectivity index (χ3n) is 3.16. The Morgan fingerprint density at radius 2 is 1.90 bits per heavy atom. The van der Waals surface area contributed by atoms with E-state index in [4.69, 9.17) is 11.6 Å². The molecule has 0 atom stereocenters. The van der Waals surface area contributed by atoms with E-state index >= 15 is 0 Å². The minimum atomic E-state index is -3.96. The Balaban J connectivity index is 2.19. The molecule has 1 aliphatic heterocycles. The summed E-state index contributed by atoms with van der Waals surface area (Å²) in [6, 6.07) is 2.56. The highest BCUT2D eigenvalue weighted by molar-refractivity contribution is 9.10. The monoisotopic (exact) mass is 398 g/mol. The molecule has 1 aliphatic rings. The van der Waals surface area contributed by atoms with Crippen molar-refractivity contribution >= 4 is 43.6 Å². The van der Waals surface area contributed by atoms with Crippen molar-refractivity contribution in [3.8, 4) is 0 Å². The van der Waals surface area contributed by atoms with Crippen molar-refractivity contribution in [3.63, 3.8) is 0 Å². The summed E-state index contributed by atoms with van der Waals surface area (Å²) in [6.45, 7) is 0.707. The number of halogens is 3. The molecule has 0 saturated carbocycles. The number of piperidine rings is 1. The van der Waals surface area contributed by atoms with Gasteiger partial charge in [-0.25, -0.2) is 9.11 Å². The van der Waals surface area contributed by atoms with Crippen LogP contribution in [0, 0.1) is 5.82 Å². The number of nitrogens with one attached hydrogen (secondary N) is 1. The number of hydrogen-bond acceptors (Lipinski definition) is 3. The normalized spacial score (nSPS) is 16.7. The van der Waals surface area contributed by atoms with Crippen LogP contribution in [0.1, 0.15) is 29.6 Å². The summed E-state index contributed by atoms with van der Waals surface area (Å²) in [5.74, 6) is -2.00. The molecule has 21 heavy (non-hydrogen) atoms. The van der Waals surface area contributed by atoms with E-state index in [-0.39, 0.29) is 9.50 Å². The Morgan fingerprint density at radius 3 is 2.52 bits per heavy atom. The highest BCUT2D eigenvalue weighted by Gasteiger charge is 2.27. The summed E-state index contributed by atoms with van der Waals surface area (Å²) in [6.07, 6.45) is 2.44. The molecule has 0 radical (unpaired) electrons. The molecule has 1 amide bonds. The van der Waals surface area contributed by atoms with Crippen LogP contribution in [-0.4, -0.2) is 31.7 Å². The van der Waals surface area contributed by atoms with E-state index in [0.29, 0.717) is 13.1 Å². The molecule has 1 heterocycles. The van der Waals surface area contributed by atoms with Gasteiger partial charge in [-0.05, 0) is 40.9 Å². The molecule has 0 unspecified atom stereocenters. The zero-order valence-corrected chi connectivity index (χ0v) is 14.1. The maximum atomic E-state index is 13.9.